The highest BCUT2D eigenvalue weighted by Gasteiger charge is 2.23. The Morgan fingerprint density at radius 1 is 1.03 bits per heavy atom. The molecule has 0 aromatic heterocycles. The van der Waals surface area contributed by atoms with Crippen LogP contribution < -0.4 is 5.32 Å². The van der Waals surface area contributed by atoms with Crippen LogP contribution in [0, 0.1) is 24.7 Å². The lowest BCUT2D eigenvalue weighted by Gasteiger charge is -2.18. The molecule has 0 aliphatic carbocycles. The van der Waals surface area contributed by atoms with Crippen LogP contribution in [0.3, 0.4) is 0 Å². The van der Waals surface area contributed by atoms with Crippen molar-refractivity contribution < 1.29 is 28.6 Å². The van der Waals surface area contributed by atoms with Crippen molar-refractivity contribution in [2.75, 3.05) is 46.1 Å². The second kappa shape index (κ2) is 15.3. The summed E-state index contributed by atoms with van der Waals surface area (Å²) in [6, 6.07) is 0. The summed E-state index contributed by atoms with van der Waals surface area (Å²) in [4.78, 5) is 35.6. The van der Waals surface area contributed by atoms with Gasteiger partial charge in [0, 0.05) is 51.1 Å². The molecule has 0 saturated heterocycles. The summed E-state index contributed by atoms with van der Waals surface area (Å²) in [6.45, 7) is 2.54. The number of imide groups is 1. The topological polar surface area (TPSA) is 94.2 Å². The van der Waals surface area contributed by atoms with Gasteiger partial charge in [-0.1, -0.05) is 0 Å². The van der Waals surface area contributed by atoms with Crippen molar-refractivity contribution in [1.29, 1.82) is 0 Å². The summed E-state index contributed by atoms with van der Waals surface area (Å²) < 4.78 is 16.7. The summed E-state index contributed by atoms with van der Waals surface area (Å²) in [5.41, 5.74) is 0. The fourth-order valence-corrected chi connectivity index (χ4v) is 2.34. The number of hydrogen-bond acceptors (Lipinski definition) is 6. The molecule has 1 aliphatic heterocycles. The SMILES string of the molecule is C#CCCOCC(COCCCNC(=O)CCN1C(=O)C=CC1=O)OCCC#C. The van der Waals surface area contributed by atoms with Crippen LogP contribution in [-0.2, 0) is 28.6 Å². The van der Waals surface area contributed by atoms with E-state index in [4.69, 9.17) is 27.1 Å². The van der Waals surface area contributed by atoms with Gasteiger partial charge >= 0.3 is 0 Å². The lowest BCUT2D eigenvalue weighted by molar-refractivity contribution is -0.137. The Balaban J connectivity index is 2.10. The smallest absolute Gasteiger partial charge is 0.253 e. The summed E-state index contributed by atoms with van der Waals surface area (Å²) in [5.74, 6) is 4.00. The quantitative estimate of drug-likeness (QED) is 0.226. The van der Waals surface area contributed by atoms with Crippen molar-refractivity contribution >= 4 is 17.7 Å². The van der Waals surface area contributed by atoms with Crippen LogP contribution in [-0.4, -0.2) is 74.8 Å². The molecule has 0 bridgehead atoms. The first-order valence-electron chi connectivity index (χ1n) is 9.52. The Hall–Kier alpha value is -2.65. The predicted octanol–water partition coefficient (Wildman–Crippen LogP) is 0.273. The summed E-state index contributed by atoms with van der Waals surface area (Å²) in [5, 5.41) is 2.73. The Labute approximate surface area is 171 Å². The fourth-order valence-electron chi connectivity index (χ4n) is 2.34. The van der Waals surface area contributed by atoms with Crippen LogP contribution in [0.5, 0.6) is 0 Å². The summed E-state index contributed by atoms with van der Waals surface area (Å²) in [6.07, 6.45) is 14.3. The average Bonchev–Trinajstić information content (AvgIpc) is 3.03. The number of carbonyl (C=O) groups excluding carboxylic acids is 3. The Morgan fingerprint density at radius 3 is 2.31 bits per heavy atom. The van der Waals surface area contributed by atoms with E-state index in [9.17, 15) is 14.4 Å². The zero-order valence-corrected chi connectivity index (χ0v) is 16.6. The normalized spacial score (nSPS) is 13.9. The zero-order chi connectivity index (χ0) is 21.3. The molecule has 0 saturated carbocycles. The zero-order valence-electron chi connectivity index (χ0n) is 16.6. The number of nitrogens with zero attached hydrogens (tertiary/aromatic N) is 1. The average molecular weight is 404 g/mol. The van der Waals surface area contributed by atoms with Gasteiger partial charge in [0.2, 0.25) is 5.91 Å². The first-order chi connectivity index (χ1) is 14.1. The number of carbonyl (C=O) groups is 3. The van der Waals surface area contributed by atoms with Gasteiger partial charge in [-0.2, -0.15) is 0 Å². The van der Waals surface area contributed by atoms with E-state index in [0.29, 0.717) is 58.8 Å². The van der Waals surface area contributed by atoms with Crippen LogP contribution in [0.1, 0.15) is 25.7 Å². The molecule has 1 heterocycles. The molecule has 1 rings (SSSR count). The minimum Gasteiger partial charge on any atom is -0.379 e. The highest BCUT2D eigenvalue weighted by atomic mass is 16.6. The minimum absolute atomic E-state index is 0.0695. The Bertz CT molecular complexity index is 629. The second-order valence-electron chi connectivity index (χ2n) is 6.17. The van der Waals surface area contributed by atoms with Crippen LogP contribution >= 0.6 is 0 Å². The van der Waals surface area contributed by atoms with E-state index in [-0.39, 0.29) is 25.0 Å². The van der Waals surface area contributed by atoms with Gasteiger partial charge in [-0.25, -0.2) is 0 Å². The molecule has 158 valence electrons. The van der Waals surface area contributed by atoms with Gasteiger partial charge in [0.1, 0.15) is 6.10 Å². The van der Waals surface area contributed by atoms with Gasteiger partial charge in [-0.05, 0) is 6.42 Å². The van der Waals surface area contributed by atoms with Crippen LogP contribution in [0.25, 0.3) is 0 Å². The van der Waals surface area contributed by atoms with E-state index in [1.165, 1.54) is 12.2 Å². The lowest BCUT2D eigenvalue weighted by Crippen LogP contribution is -2.35. The Morgan fingerprint density at radius 2 is 1.66 bits per heavy atom. The van der Waals surface area contributed by atoms with Crippen molar-refractivity contribution in [3.05, 3.63) is 12.2 Å². The van der Waals surface area contributed by atoms with Gasteiger partial charge < -0.3 is 19.5 Å². The molecule has 1 N–H and O–H groups in total. The maximum absolute atomic E-state index is 11.8. The van der Waals surface area contributed by atoms with E-state index in [0.717, 1.165) is 4.90 Å². The molecule has 0 fully saturated rings. The third-order valence-corrected chi connectivity index (χ3v) is 3.85. The molecule has 1 atom stereocenters. The molecular formula is C21H28N2O6. The van der Waals surface area contributed by atoms with Crippen molar-refractivity contribution in [2.45, 2.75) is 31.8 Å². The van der Waals surface area contributed by atoms with Crippen molar-refractivity contribution in [1.82, 2.24) is 10.2 Å². The molecule has 1 aliphatic rings. The lowest BCUT2D eigenvalue weighted by atomic mass is 10.3. The first kappa shape index (κ1) is 24.4. The highest BCUT2D eigenvalue weighted by molar-refractivity contribution is 6.13. The second-order valence-corrected chi connectivity index (χ2v) is 6.17. The van der Waals surface area contributed by atoms with Gasteiger partial charge in [-0.3, -0.25) is 19.3 Å². The van der Waals surface area contributed by atoms with Gasteiger partial charge in [0.25, 0.3) is 11.8 Å². The molecule has 0 spiro atoms. The van der Waals surface area contributed by atoms with Crippen molar-refractivity contribution in [3.63, 3.8) is 0 Å². The third-order valence-electron chi connectivity index (χ3n) is 3.85. The molecule has 0 radical (unpaired) electrons. The van der Waals surface area contributed by atoms with Gasteiger partial charge in [0.15, 0.2) is 0 Å². The fraction of sp³-hybridized carbons (Fsp3) is 0.571. The molecule has 1 unspecified atom stereocenters. The maximum atomic E-state index is 11.8. The minimum atomic E-state index is -0.390. The number of hydrogen-bond donors (Lipinski definition) is 1. The third kappa shape index (κ3) is 11.1. The van der Waals surface area contributed by atoms with Crippen LogP contribution in [0.2, 0.25) is 0 Å². The predicted molar refractivity (Wildman–Crippen MR) is 106 cm³/mol. The number of ether oxygens (including phenoxy) is 3. The van der Waals surface area contributed by atoms with E-state index < -0.39 is 11.8 Å². The first-order valence-corrected chi connectivity index (χ1v) is 9.52. The van der Waals surface area contributed by atoms with Crippen molar-refractivity contribution in [2.24, 2.45) is 0 Å². The highest BCUT2D eigenvalue weighted by Crippen LogP contribution is 2.04. The largest absolute Gasteiger partial charge is 0.379 e. The van der Waals surface area contributed by atoms with Crippen LogP contribution in [0.15, 0.2) is 12.2 Å². The Kier molecular flexibility index (Phi) is 12.9. The van der Waals surface area contributed by atoms with Gasteiger partial charge in [0.05, 0.1) is 26.4 Å². The molecule has 8 heteroatoms. The molecule has 8 nitrogen and oxygen atoms in total. The van der Waals surface area contributed by atoms with E-state index in [2.05, 4.69) is 17.2 Å². The standard InChI is InChI=1S/C21H28N2O6/c1-3-5-13-27-16-18(29-15-6-4-2)17-28-14-7-11-22-19(24)10-12-23-20(25)8-9-21(23)26/h1-2,8-9,18H,5-7,10-17H2,(H,22,24). The monoisotopic (exact) mass is 404 g/mol. The van der Waals surface area contributed by atoms with E-state index in [1.807, 2.05) is 0 Å². The summed E-state index contributed by atoms with van der Waals surface area (Å²) in [7, 11) is 0. The van der Waals surface area contributed by atoms with Gasteiger partial charge in [-0.15, -0.1) is 24.7 Å². The van der Waals surface area contributed by atoms with E-state index in [1.54, 1.807) is 0 Å². The summed E-state index contributed by atoms with van der Waals surface area (Å²) >= 11 is 0. The maximum Gasteiger partial charge on any atom is 0.253 e. The number of amides is 3. The number of rotatable bonds is 16. The molecule has 0 aromatic rings. The number of nitrogens with one attached hydrogen (secondary N) is 1. The molecule has 0 aromatic carbocycles. The molecular weight excluding hydrogens is 376 g/mol. The van der Waals surface area contributed by atoms with Crippen LogP contribution in [0.4, 0.5) is 0 Å². The molecule has 3 amide bonds. The van der Waals surface area contributed by atoms with Crippen molar-refractivity contribution in [3.8, 4) is 24.7 Å². The van der Waals surface area contributed by atoms with E-state index >= 15 is 0 Å². The molecule has 29 heavy (non-hydrogen) atoms. The number of terminal acetylenes is 2.